The van der Waals surface area contributed by atoms with Crippen LogP contribution in [0.15, 0.2) is 249 Å². The fourth-order valence-corrected chi connectivity index (χ4v) is 11.7. The Balaban J connectivity index is 0.847. The monoisotopic (exact) mass is 875 g/mol. The zero-order chi connectivity index (χ0) is 45.2. The van der Waals surface area contributed by atoms with Gasteiger partial charge in [-0.05, 0) is 146 Å². The third-order valence-corrected chi connectivity index (χ3v) is 14.8. The summed E-state index contributed by atoms with van der Waals surface area (Å²) in [5, 5.41) is 15.2. The van der Waals surface area contributed by atoms with Gasteiger partial charge in [0.05, 0.1) is 33.1 Å². The molecule has 15 rings (SSSR count). The number of benzene rings is 12. The molecule has 0 bridgehead atoms. The number of rotatable bonds is 5. The topological polar surface area (TPSA) is 14.8 Å². The molecule has 320 valence electrons. The van der Waals surface area contributed by atoms with Gasteiger partial charge in [0.2, 0.25) is 0 Å². The molecule has 0 amide bonds. The summed E-state index contributed by atoms with van der Waals surface area (Å²) >= 11 is 0. The second-order valence-electron chi connectivity index (χ2n) is 18.5. The van der Waals surface area contributed by atoms with E-state index in [9.17, 15) is 0 Å². The molecule has 3 aromatic heterocycles. The largest absolute Gasteiger partial charge is 0.309 e. The smallest absolute Gasteiger partial charge is 0.0541 e. The van der Waals surface area contributed by atoms with Gasteiger partial charge in [0, 0.05) is 49.4 Å². The van der Waals surface area contributed by atoms with Crippen molar-refractivity contribution in [3.05, 3.63) is 249 Å². The van der Waals surface area contributed by atoms with Gasteiger partial charge in [0.1, 0.15) is 0 Å². The Labute approximate surface area is 397 Å². The molecule has 0 fully saturated rings. The van der Waals surface area contributed by atoms with E-state index in [1.165, 1.54) is 126 Å². The van der Waals surface area contributed by atoms with E-state index in [2.05, 4.69) is 262 Å². The maximum absolute atomic E-state index is 2.45. The van der Waals surface area contributed by atoms with Crippen molar-refractivity contribution in [1.82, 2.24) is 13.7 Å². The first kappa shape index (κ1) is 38.0. The van der Waals surface area contributed by atoms with Crippen LogP contribution in [0, 0.1) is 0 Å². The summed E-state index contributed by atoms with van der Waals surface area (Å²) in [5.41, 5.74) is 15.5. The van der Waals surface area contributed by atoms with E-state index >= 15 is 0 Å². The normalized spacial score (nSPS) is 12.1. The van der Waals surface area contributed by atoms with Gasteiger partial charge < -0.3 is 13.7 Å². The van der Waals surface area contributed by atoms with Gasteiger partial charge in [0.15, 0.2) is 0 Å². The molecular weight excluding hydrogens is 835 g/mol. The van der Waals surface area contributed by atoms with E-state index in [1.54, 1.807) is 0 Å². The number of aromatic nitrogens is 3. The Hall–Kier alpha value is -9.18. The highest BCUT2D eigenvalue weighted by Crippen LogP contribution is 2.42. The standard InChI is InChI=1S/C66H41N3/c1-2-16-46(17-3-1)67-61-26-11-8-23-54(61)58-38-43(29-34-64(58)67)42-15-14-18-47(37-42)68-62-27-12-9-24-55(62)59-39-44(30-35-65(59)68)45-31-36-66-60(40-45)56-25-10-13-28-63(56)69(66)48-32-33-53-51-21-5-4-19-49(51)50-20-6-7-22-52(50)57(53)41-48/h1-41H. The third-order valence-electron chi connectivity index (χ3n) is 14.8. The predicted molar refractivity (Wildman–Crippen MR) is 293 cm³/mol. The molecule has 0 radical (unpaired) electrons. The van der Waals surface area contributed by atoms with Gasteiger partial charge in [-0.2, -0.15) is 0 Å². The molecule has 69 heavy (non-hydrogen) atoms. The van der Waals surface area contributed by atoms with E-state index in [0.717, 1.165) is 11.4 Å². The van der Waals surface area contributed by atoms with Crippen LogP contribution in [0.5, 0.6) is 0 Å². The van der Waals surface area contributed by atoms with Gasteiger partial charge in [-0.3, -0.25) is 0 Å². The Morgan fingerprint density at radius 1 is 0.159 bits per heavy atom. The predicted octanol–water partition coefficient (Wildman–Crippen LogP) is 17.8. The highest BCUT2D eigenvalue weighted by molar-refractivity contribution is 6.26. The number of hydrogen-bond acceptors (Lipinski definition) is 0. The van der Waals surface area contributed by atoms with Crippen LogP contribution in [0.2, 0.25) is 0 Å². The lowest BCUT2D eigenvalue weighted by atomic mass is 9.94. The lowest BCUT2D eigenvalue weighted by Crippen LogP contribution is -1.95. The van der Waals surface area contributed by atoms with E-state index in [4.69, 9.17) is 0 Å². The highest BCUT2D eigenvalue weighted by Gasteiger charge is 2.19. The Kier molecular flexibility index (Phi) is 8.07. The molecule has 0 spiro atoms. The molecule has 0 N–H and O–H groups in total. The maximum atomic E-state index is 2.45. The number of para-hydroxylation sites is 4. The summed E-state index contributed by atoms with van der Waals surface area (Å²) in [5.74, 6) is 0. The van der Waals surface area contributed by atoms with E-state index in [0.29, 0.717) is 0 Å². The van der Waals surface area contributed by atoms with E-state index < -0.39 is 0 Å². The van der Waals surface area contributed by atoms with Crippen LogP contribution in [-0.2, 0) is 0 Å². The average molecular weight is 876 g/mol. The molecule has 0 aliphatic rings. The van der Waals surface area contributed by atoms with E-state index in [1.807, 2.05) is 0 Å². The Morgan fingerprint density at radius 2 is 0.493 bits per heavy atom. The second kappa shape index (κ2) is 14.7. The molecule has 0 aliphatic heterocycles. The molecule has 0 saturated carbocycles. The van der Waals surface area contributed by atoms with E-state index in [-0.39, 0.29) is 0 Å². The molecule has 0 atom stereocenters. The summed E-state index contributed by atoms with van der Waals surface area (Å²) < 4.78 is 7.26. The quantitative estimate of drug-likeness (QED) is 0.153. The third kappa shape index (κ3) is 5.62. The summed E-state index contributed by atoms with van der Waals surface area (Å²) in [6.07, 6.45) is 0. The summed E-state index contributed by atoms with van der Waals surface area (Å²) in [6.45, 7) is 0. The van der Waals surface area contributed by atoms with Crippen molar-refractivity contribution in [3.63, 3.8) is 0 Å². The lowest BCUT2D eigenvalue weighted by Gasteiger charge is -2.14. The van der Waals surface area contributed by atoms with Crippen LogP contribution in [0.1, 0.15) is 0 Å². The molecule has 12 aromatic carbocycles. The minimum atomic E-state index is 1.14. The van der Waals surface area contributed by atoms with Crippen LogP contribution in [0.3, 0.4) is 0 Å². The highest BCUT2D eigenvalue weighted by atomic mass is 15.0. The van der Waals surface area contributed by atoms with Crippen LogP contribution in [0.4, 0.5) is 0 Å². The minimum absolute atomic E-state index is 1.14. The van der Waals surface area contributed by atoms with Crippen LogP contribution >= 0.6 is 0 Å². The van der Waals surface area contributed by atoms with Crippen molar-refractivity contribution in [2.24, 2.45) is 0 Å². The molecule has 3 heterocycles. The van der Waals surface area contributed by atoms with Crippen LogP contribution < -0.4 is 0 Å². The fourth-order valence-electron chi connectivity index (χ4n) is 11.7. The van der Waals surface area contributed by atoms with Gasteiger partial charge in [-0.15, -0.1) is 0 Å². The molecule has 0 unspecified atom stereocenters. The maximum Gasteiger partial charge on any atom is 0.0541 e. The lowest BCUT2D eigenvalue weighted by molar-refractivity contribution is 1.18. The van der Waals surface area contributed by atoms with Crippen molar-refractivity contribution >= 4 is 97.7 Å². The number of hydrogen-bond donors (Lipinski definition) is 0. The summed E-state index contributed by atoms with van der Waals surface area (Å²) in [7, 11) is 0. The number of fused-ring (bicyclic) bond motifs is 15. The molecule has 0 aliphatic carbocycles. The van der Waals surface area contributed by atoms with Crippen molar-refractivity contribution in [2.75, 3.05) is 0 Å². The zero-order valence-electron chi connectivity index (χ0n) is 37.5. The van der Waals surface area contributed by atoms with Crippen molar-refractivity contribution < 1.29 is 0 Å². The summed E-state index contributed by atoms with van der Waals surface area (Å²) in [6, 6.07) is 91.8. The second-order valence-corrected chi connectivity index (χ2v) is 18.5. The van der Waals surface area contributed by atoms with Crippen molar-refractivity contribution in [3.8, 4) is 39.3 Å². The molecule has 15 aromatic rings. The first-order valence-corrected chi connectivity index (χ1v) is 23.8. The zero-order valence-corrected chi connectivity index (χ0v) is 37.5. The van der Waals surface area contributed by atoms with Gasteiger partial charge >= 0.3 is 0 Å². The van der Waals surface area contributed by atoms with Crippen molar-refractivity contribution in [2.45, 2.75) is 0 Å². The van der Waals surface area contributed by atoms with Crippen LogP contribution in [-0.4, -0.2) is 13.7 Å². The molecular formula is C66H41N3. The van der Waals surface area contributed by atoms with Gasteiger partial charge in [0.25, 0.3) is 0 Å². The van der Waals surface area contributed by atoms with Crippen molar-refractivity contribution in [1.29, 1.82) is 0 Å². The molecule has 0 saturated heterocycles. The Bertz CT molecular complexity index is 4570. The first-order chi connectivity index (χ1) is 34.2. The molecule has 3 heteroatoms. The average Bonchev–Trinajstić information content (AvgIpc) is 4.06. The summed E-state index contributed by atoms with van der Waals surface area (Å²) in [4.78, 5) is 0. The Morgan fingerprint density at radius 3 is 0.971 bits per heavy atom. The number of nitrogens with zero attached hydrogens (tertiary/aromatic N) is 3. The van der Waals surface area contributed by atoms with Gasteiger partial charge in [-0.25, -0.2) is 0 Å². The minimum Gasteiger partial charge on any atom is -0.309 e. The van der Waals surface area contributed by atoms with Crippen LogP contribution in [0.25, 0.3) is 137 Å². The molecule has 3 nitrogen and oxygen atoms in total. The first-order valence-electron chi connectivity index (χ1n) is 23.8. The fraction of sp³-hybridized carbons (Fsp3) is 0. The SMILES string of the molecule is c1ccc(-n2c3ccccc3c3cc(-c4cccc(-n5c6ccccc6c6cc(-c7ccc8c(c7)c7ccccc7n8-c7ccc8c9ccccc9c9ccccc9c8c7)ccc65)c4)ccc32)cc1. The van der Waals surface area contributed by atoms with Gasteiger partial charge in [-0.1, -0.05) is 158 Å².